The number of hydrogen-bond acceptors (Lipinski definition) is 4. The molecule has 1 aliphatic heterocycles. The fourth-order valence-electron chi connectivity index (χ4n) is 2.03. The van der Waals surface area contributed by atoms with Gasteiger partial charge in [0.2, 0.25) is 10.0 Å². The van der Waals surface area contributed by atoms with Gasteiger partial charge in [0.15, 0.2) is 0 Å². The van der Waals surface area contributed by atoms with E-state index in [-0.39, 0.29) is 5.75 Å². The summed E-state index contributed by atoms with van der Waals surface area (Å²) < 4.78 is 31.3. The maximum Gasteiger partial charge on any atom is 0.214 e. The SMILES string of the molecule is CCNCCCS(=O)(=O)N1CCOCC1(C)C. The Bertz CT molecular complexity index is 328. The molecule has 6 heteroatoms. The zero-order chi connectivity index (χ0) is 12.9. The molecule has 0 atom stereocenters. The Morgan fingerprint density at radius 1 is 1.41 bits per heavy atom. The van der Waals surface area contributed by atoms with E-state index in [9.17, 15) is 8.42 Å². The molecule has 0 aromatic heterocycles. The van der Waals surface area contributed by atoms with E-state index >= 15 is 0 Å². The van der Waals surface area contributed by atoms with Crippen LogP contribution in [0.1, 0.15) is 27.2 Å². The summed E-state index contributed by atoms with van der Waals surface area (Å²) in [4.78, 5) is 0. The Balaban J connectivity index is 2.56. The number of ether oxygens (including phenoxy) is 1. The monoisotopic (exact) mass is 264 g/mol. The average Bonchev–Trinajstić information content (AvgIpc) is 2.23. The second kappa shape index (κ2) is 6.13. The predicted octanol–water partition coefficient (Wildman–Crippen LogP) is 0.427. The highest BCUT2D eigenvalue weighted by Crippen LogP contribution is 2.23. The highest BCUT2D eigenvalue weighted by molar-refractivity contribution is 7.89. The van der Waals surface area contributed by atoms with Gasteiger partial charge in [-0.1, -0.05) is 6.92 Å². The molecule has 0 aliphatic carbocycles. The number of morpholine rings is 1. The van der Waals surface area contributed by atoms with Crippen molar-refractivity contribution in [2.24, 2.45) is 0 Å². The van der Waals surface area contributed by atoms with Crippen molar-refractivity contribution in [2.75, 3.05) is 38.6 Å². The number of sulfonamides is 1. The van der Waals surface area contributed by atoms with E-state index in [1.54, 1.807) is 4.31 Å². The Morgan fingerprint density at radius 2 is 2.12 bits per heavy atom. The summed E-state index contributed by atoms with van der Waals surface area (Å²) in [5.41, 5.74) is -0.421. The minimum Gasteiger partial charge on any atom is -0.378 e. The molecule has 1 heterocycles. The van der Waals surface area contributed by atoms with E-state index in [1.165, 1.54) is 0 Å². The van der Waals surface area contributed by atoms with Crippen LogP contribution in [0.5, 0.6) is 0 Å². The number of rotatable bonds is 6. The Hall–Kier alpha value is -0.170. The first kappa shape index (κ1) is 14.9. The van der Waals surface area contributed by atoms with Crippen molar-refractivity contribution in [1.29, 1.82) is 0 Å². The van der Waals surface area contributed by atoms with Crippen molar-refractivity contribution < 1.29 is 13.2 Å². The standard InChI is InChI=1S/C11H24N2O3S/c1-4-12-6-5-9-17(14,15)13-7-8-16-10-11(13,2)3/h12H,4-10H2,1-3H3. The lowest BCUT2D eigenvalue weighted by Gasteiger charge is -2.40. The smallest absolute Gasteiger partial charge is 0.214 e. The lowest BCUT2D eigenvalue weighted by atomic mass is 10.1. The zero-order valence-electron chi connectivity index (χ0n) is 11.0. The molecule has 0 bridgehead atoms. The van der Waals surface area contributed by atoms with Gasteiger partial charge in [-0.25, -0.2) is 8.42 Å². The molecular weight excluding hydrogens is 240 g/mol. The van der Waals surface area contributed by atoms with Gasteiger partial charge in [0.05, 0.1) is 24.5 Å². The summed E-state index contributed by atoms with van der Waals surface area (Å²) in [6.07, 6.45) is 0.656. The van der Waals surface area contributed by atoms with Crippen LogP contribution < -0.4 is 5.32 Å². The van der Waals surface area contributed by atoms with E-state index in [4.69, 9.17) is 4.74 Å². The first-order valence-corrected chi connectivity index (χ1v) is 7.80. The molecule has 0 amide bonds. The fourth-order valence-corrected chi connectivity index (χ4v) is 3.91. The molecule has 0 aromatic carbocycles. The van der Waals surface area contributed by atoms with E-state index < -0.39 is 15.6 Å². The Labute approximate surface area is 105 Å². The van der Waals surface area contributed by atoms with E-state index in [0.717, 1.165) is 13.1 Å². The van der Waals surface area contributed by atoms with Crippen molar-refractivity contribution in [3.8, 4) is 0 Å². The topological polar surface area (TPSA) is 58.6 Å². The van der Waals surface area contributed by atoms with Crippen molar-refractivity contribution in [2.45, 2.75) is 32.7 Å². The molecule has 0 radical (unpaired) electrons. The quantitative estimate of drug-likeness (QED) is 0.707. The second-order valence-corrected chi connectivity index (χ2v) is 6.97. The van der Waals surface area contributed by atoms with Gasteiger partial charge in [0.25, 0.3) is 0 Å². The van der Waals surface area contributed by atoms with Crippen LogP contribution in [-0.2, 0) is 14.8 Å². The second-order valence-electron chi connectivity index (χ2n) is 4.96. The zero-order valence-corrected chi connectivity index (χ0v) is 11.8. The van der Waals surface area contributed by atoms with Crippen LogP contribution in [0.3, 0.4) is 0 Å². The molecular formula is C11H24N2O3S. The van der Waals surface area contributed by atoms with Gasteiger partial charge in [-0.15, -0.1) is 0 Å². The molecule has 17 heavy (non-hydrogen) atoms. The lowest BCUT2D eigenvalue weighted by Crippen LogP contribution is -2.56. The van der Waals surface area contributed by atoms with Crippen LogP contribution in [0, 0.1) is 0 Å². The third kappa shape index (κ3) is 4.21. The van der Waals surface area contributed by atoms with Crippen LogP contribution in [0.15, 0.2) is 0 Å². The third-order valence-electron chi connectivity index (χ3n) is 2.91. The molecule has 102 valence electrons. The van der Waals surface area contributed by atoms with Crippen molar-refractivity contribution in [3.63, 3.8) is 0 Å². The predicted molar refractivity (Wildman–Crippen MR) is 68.6 cm³/mol. The Morgan fingerprint density at radius 3 is 2.71 bits per heavy atom. The highest BCUT2D eigenvalue weighted by Gasteiger charge is 2.38. The molecule has 1 aliphatic rings. The molecule has 0 unspecified atom stereocenters. The van der Waals surface area contributed by atoms with Crippen LogP contribution in [-0.4, -0.2) is 56.9 Å². The summed E-state index contributed by atoms with van der Waals surface area (Å²) in [7, 11) is -3.16. The normalized spacial score (nSPS) is 21.6. The summed E-state index contributed by atoms with van der Waals surface area (Å²) in [5.74, 6) is 0.212. The number of nitrogens with zero attached hydrogens (tertiary/aromatic N) is 1. The van der Waals surface area contributed by atoms with Gasteiger partial charge >= 0.3 is 0 Å². The maximum atomic E-state index is 12.2. The summed E-state index contributed by atoms with van der Waals surface area (Å²) in [6.45, 7) is 8.90. The highest BCUT2D eigenvalue weighted by atomic mass is 32.2. The average molecular weight is 264 g/mol. The van der Waals surface area contributed by atoms with E-state index in [1.807, 2.05) is 20.8 Å². The van der Waals surface area contributed by atoms with Crippen LogP contribution in [0.25, 0.3) is 0 Å². The molecule has 1 rings (SSSR count). The maximum absolute atomic E-state index is 12.2. The Kier molecular flexibility index (Phi) is 5.37. The lowest BCUT2D eigenvalue weighted by molar-refractivity contribution is -0.00769. The van der Waals surface area contributed by atoms with Gasteiger partial charge in [-0.3, -0.25) is 0 Å². The van der Waals surface area contributed by atoms with Crippen LogP contribution >= 0.6 is 0 Å². The van der Waals surface area contributed by atoms with Gasteiger partial charge in [0.1, 0.15) is 0 Å². The molecule has 1 fully saturated rings. The summed E-state index contributed by atoms with van der Waals surface area (Å²) in [6, 6.07) is 0. The molecule has 0 aromatic rings. The van der Waals surface area contributed by atoms with Gasteiger partial charge in [-0.2, -0.15) is 4.31 Å². The van der Waals surface area contributed by atoms with Crippen LogP contribution in [0.4, 0.5) is 0 Å². The van der Waals surface area contributed by atoms with Gasteiger partial charge in [-0.05, 0) is 33.4 Å². The van der Waals surface area contributed by atoms with E-state index in [2.05, 4.69) is 5.32 Å². The molecule has 5 nitrogen and oxygen atoms in total. The number of hydrogen-bond donors (Lipinski definition) is 1. The molecule has 1 N–H and O–H groups in total. The molecule has 1 saturated heterocycles. The number of nitrogens with one attached hydrogen (secondary N) is 1. The fraction of sp³-hybridized carbons (Fsp3) is 1.00. The van der Waals surface area contributed by atoms with Crippen molar-refractivity contribution in [3.05, 3.63) is 0 Å². The van der Waals surface area contributed by atoms with Gasteiger partial charge in [0, 0.05) is 6.54 Å². The largest absolute Gasteiger partial charge is 0.378 e. The molecule has 0 saturated carbocycles. The van der Waals surface area contributed by atoms with Gasteiger partial charge < -0.3 is 10.1 Å². The summed E-state index contributed by atoms with van der Waals surface area (Å²) >= 11 is 0. The minimum absolute atomic E-state index is 0.212. The van der Waals surface area contributed by atoms with Crippen LogP contribution in [0.2, 0.25) is 0 Å². The minimum atomic E-state index is -3.16. The van der Waals surface area contributed by atoms with Crippen molar-refractivity contribution in [1.82, 2.24) is 9.62 Å². The molecule has 0 spiro atoms. The van der Waals surface area contributed by atoms with E-state index in [0.29, 0.717) is 26.2 Å². The van der Waals surface area contributed by atoms with Crippen molar-refractivity contribution >= 4 is 10.0 Å². The summed E-state index contributed by atoms with van der Waals surface area (Å²) in [5, 5.41) is 3.14. The third-order valence-corrected chi connectivity index (χ3v) is 5.06. The first-order chi connectivity index (χ1) is 7.90. The first-order valence-electron chi connectivity index (χ1n) is 6.19.